The standard InChI is InChI=1S/C17H20N2O3/c1-9(2)11-6-5-10(3)13-14-12(7-8-22-16(11)13)15(17(20)21)19(4)18-14/h5-6,9H,7-8H2,1-4H3,(H,20,21). The average Bonchev–Trinajstić information content (AvgIpc) is 2.64. The molecule has 2 aromatic rings. The first-order valence-corrected chi connectivity index (χ1v) is 7.47. The van der Waals surface area contributed by atoms with E-state index in [0.29, 0.717) is 18.9 Å². The summed E-state index contributed by atoms with van der Waals surface area (Å²) in [5.74, 6) is 0.236. The van der Waals surface area contributed by atoms with E-state index in [1.54, 1.807) is 7.05 Å². The van der Waals surface area contributed by atoms with E-state index in [4.69, 9.17) is 4.74 Å². The molecule has 1 aliphatic rings. The van der Waals surface area contributed by atoms with Crippen LogP contribution in [0.4, 0.5) is 0 Å². The Labute approximate surface area is 129 Å². The van der Waals surface area contributed by atoms with Crippen LogP contribution < -0.4 is 4.74 Å². The molecule has 1 aromatic heterocycles. The summed E-state index contributed by atoms with van der Waals surface area (Å²) in [6.45, 7) is 6.73. The van der Waals surface area contributed by atoms with E-state index in [9.17, 15) is 9.90 Å². The van der Waals surface area contributed by atoms with Gasteiger partial charge in [0.05, 0.1) is 6.61 Å². The monoisotopic (exact) mass is 300 g/mol. The zero-order valence-corrected chi connectivity index (χ0v) is 13.3. The lowest BCUT2D eigenvalue weighted by molar-refractivity contribution is 0.0683. The van der Waals surface area contributed by atoms with Gasteiger partial charge in [-0.1, -0.05) is 26.0 Å². The first kappa shape index (κ1) is 14.6. The van der Waals surface area contributed by atoms with Crippen LogP contribution in [0.25, 0.3) is 11.3 Å². The molecule has 0 aliphatic carbocycles. The van der Waals surface area contributed by atoms with Crippen LogP contribution in [0.3, 0.4) is 0 Å². The molecule has 0 saturated heterocycles. The second kappa shape index (κ2) is 5.16. The van der Waals surface area contributed by atoms with Crippen LogP contribution >= 0.6 is 0 Å². The number of hydrogen-bond acceptors (Lipinski definition) is 3. The summed E-state index contributed by atoms with van der Waals surface area (Å²) in [5.41, 5.74) is 4.88. The van der Waals surface area contributed by atoms with E-state index < -0.39 is 5.97 Å². The van der Waals surface area contributed by atoms with Crippen LogP contribution in [-0.4, -0.2) is 27.5 Å². The molecular formula is C17H20N2O3. The van der Waals surface area contributed by atoms with Gasteiger partial charge in [-0.2, -0.15) is 5.10 Å². The number of nitrogens with zero attached hydrogens (tertiary/aromatic N) is 2. The molecule has 0 saturated carbocycles. The van der Waals surface area contributed by atoms with E-state index in [1.807, 2.05) is 6.92 Å². The summed E-state index contributed by atoms with van der Waals surface area (Å²) in [7, 11) is 1.68. The van der Waals surface area contributed by atoms with Crippen molar-refractivity contribution in [1.82, 2.24) is 9.78 Å². The number of carbonyl (C=O) groups is 1. The molecule has 1 N–H and O–H groups in total. The van der Waals surface area contributed by atoms with E-state index in [-0.39, 0.29) is 5.69 Å². The molecule has 2 heterocycles. The number of benzene rings is 1. The van der Waals surface area contributed by atoms with Crippen molar-refractivity contribution in [2.75, 3.05) is 6.61 Å². The van der Waals surface area contributed by atoms with Gasteiger partial charge < -0.3 is 9.84 Å². The lowest BCUT2D eigenvalue weighted by atomic mass is 9.93. The van der Waals surface area contributed by atoms with Crippen LogP contribution in [0.1, 0.15) is 46.9 Å². The zero-order chi connectivity index (χ0) is 16.0. The first-order valence-electron chi connectivity index (χ1n) is 7.47. The summed E-state index contributed by atoms with van der Waals surface area (Å²) in [5, 5.41) is 14.0. The molecule has 0 bridgehead atoms. The number of aromatic carboxylic acids is 1. The van der Waals surface area contributed by atoms with Crippen LogP contribution in [0.15, 0.2) is 12.1 Å². The van der Waals surface area contributed by atoms with Gasteiger partial charge in [0.25, 0.3) is 0 Å². The fourth-order valence-electron chi connectivity index (χ4n) is 3.13. The van der Waals surface area contributed by atoms with Gasteiger partial charge in [0.1, 0.15) is 17.1 Å². The Morgan fingerprint density at radius 1 is 1.41 bits per heavy atom. The Morgan fingerprint density at radius 3 is 2.77 bits per heavy atom. The van der Waals surface area contributed by atoms with E-state index in [2.05, 4.69) is 31.1 Å². The number of carboxylic acid groups (broad SMARTS) is 1. The lowest BCUT2D eigenvalue weighted by Crippen LogP contribution is -2.10. The van der Waals surface area contributed by atoms with Crippen molar-refractivity contribution in [2.45, 2.75) is 33.1 Å². The van der Waals surface area contributed by atoms with Crippen LogP contribution in [0.2, 0.25) is 0 Å². The Hall–Kier alpha value is -2.30. The summed E-state index contributed by atoms with van der Waals surface area (Å²) in [6.07, 6.45) is 0.552. The van der Waals surface area contributed by atoms with Crippen molar-refractivity contribution in [3.8, 4) is 17.0 Å². The summed E-state index contributed by atoms with van der Waals surface area (Å²) in [4.78, 5) is 11.5. The summed E-state index contributed by atoms with van der Waals surface area (Å²) in [6, 6.07) is 4.15. The van der Waals surface area contributed by atoms with Crippen LogP contribution in [-0.2, 0) is 13.5 Å². The topological polar surface area (TPSA) is 64.4 Å². The van der Waals surface area contributed by atoms with Crippen molar-refractivity contribution in [3.63, 3.8) is 0 Å². The highest BCUT2D eigenvalue weighted by atomic mass is 16.5. The largest absolute Gasteiger partial charge is 0.492 e. The molecule has 0 radical (unpaired) electrons. The fourth-order valence-corrected chi connectivity index (χ4v) is 3.13. The molecule has 5 heteroatoms. The van der Waals surface area contributed by atoms with Gasteiger partial charge in [-0.25, -0.2) is 4.79 Å². The molecule has 3 rings (SSSR count). The van der Waals surface area contributed by atoms with Gasteiger partial charge in [0.2, 0.25) is 0 Å². The number of aromatic nitrogens is 2. The molecule has 0 atom stereocenters. The van der Waals surface area contributed by atoms with E-state index >= 15 is 0 Å². The minimum Gasteiger partial charge on any atom is -0.492 e. The fraction of sp³-hybridized carbons (Fsp3) is 0.412. The Bertz CT molecular complexity index is 760. The van der Waals surface area contributed by atoms with Gasteiger partial charge in [0, 0.05) is 24.6 Å². The second-order valence-electron chi connectivity index (χ2n) is 6.03. The molecule has 116 valence electrons. The predicted octanol–water partition coefficient (Wildman–Crippen LogP) is 3.15. The van der Waals surface area contributed by atoms with Crippen molar-refractivity contribution in [2.24, 2.45) is 7.05 Å². The molecule has 1 aromatic carbocycles. The lowest BCUT2D eigenvalue weighted by Gasteiger charge is -2.17. The number of carboxylic acids is 1. The Balaban J connectivity index is 2.34. The molecule has 5 nitrogen and oxygen atoms in total. The van der Waals surface area contributed by atoms with Crippen LogP contribution in [0, 0.1) is 6.92 Å². The second-order valence-corrected chi connectivity index (χ2v) is 6.03. The maximum Gasteiger partial charge on any atom is 0.354 e. The van der Waals surface area contributed by atoms with Crippen molar-refractivity contribution >= 4 is 5.97 Å². The smallest absolute Gasteiger partial charge is 0.354 e. The Kier molecular flexibility index (Phi) is 3.43. The molecule has 0 fully saturated rings. The number of ether oxygens (including phenoxy) is 1. The zero-order valence-electron chi connectivity index (χ0n) is 13.3. The van der Waals surface area contributed by atoms with Gasteiger partial charge in [-0.3, -0.25) is 4.68 Å². The third-order valence-electron chi connectivity index (χ3n) is 4.20. The summed E-state index contributed by atoms with van der Waals surface area (Å²) >= 11 is 0. The number of rotatable bonds is 2. The van der Waals surface area contributed by atoms with Gasteiger partial charge in [-0.05, 0) is 24.0 Å². The molecular weight excluding hydrogens is 280 g/mol. The predicted molar refractivity (Wildman–Crippen MR) is 83.6 cm³/mol. The molecule has 1 aliphatic heterocycles. The highest BCUT2D eigenvalue weighted by Gasteiger charge is 2.29. The van der Waals surface area contributed by atoms with Gasteiger partial charge >= 0.3 is 5.97 Å². The van der Waals surface area contributed by atoms with Crippen molar-refractivity contribution in [1.29, 1.82) is 0 Å². The average molecular weight is 300 g/mol. The molecule has 0 spiro atoms. The normalized spacial score (nSPS) is 13.3. The van der Waals surface area contributed by atoms with Crippen LogP contribution in [0.5, 0.6) is 5.75 Å². The highest BCUT2D eigenvalue weighted by Crippen LogP contribution is 2.42. The minimum atomic E-state index is -0.947. The number of aryl methyl sites for hydroxylation is 2. The third kappa shape index (κ3) is 2.08. The molecule has 0 unspecified atom stereocenters. The number of hydrogen-bond donors (Lipinski definition) is 1. The molecule has 0 amide bonds. The van der Waals surface area contributed by atoms with Gasteiger partial charge in [-0.15, -0.1) is 0 Å². The molecule has 22 heavy (non-hydrogen) atoms. The van der Waals surface area contributed by atoms with Crippen molar-refractivity contribution in [3.05, 3.63) is 34.5 Å². The quantitative estimate of drug-likeness (QED) is 0.925. The maximum absolute atomic E-state index is 11.5. The number of fused-ring (bicyclic) bond motifs is 3. The summed E-state index contributed by atoms with van der Waals surface area (Å²) < 4.78 is 7.46. The van der Waals surface area contributed by atoms with E-state index in [0.717, 1.165) is 33.7 Å². The minimum absolute atomic E-state index is 0.251. The van der Waals surface area contributed by atoms with Crippen molar-refractivity contribution < 1.29 is 14.6 Å². The van der Waals surface area contributed by atoms with Gasteiger partial charge in [0.15, 0.2) is 0 Å². The highest BCUT2D eigenvalue weighted by molar-refractivity contribution is 5.91. The third-order valence-corrected chi connectivity index (χ3v) is 4.20. The first-order chi connectivity index (χ1) is 10.4. The van der Waals surface area contributed by atoms with E-state index in [1.165, 1.54) is 4.68 Å². The SMILES string of the molecule is Cc1ccc(C(C)C)c2c1-c1nn(C)c(C(=O)O)c1CCO2. The maximum atomic E-state index is 11.5. The Morgan fingerprint density at radius 2 is 2.14 bits per heavy atom.